The van der Waals surface area contributed by atoms with Crippen molar-refractivity contribution < 1.29 is 19.0 Å². The molecule has 1 heterocycles. The Morgan fingerprint density at radius 3 is 2.73 bits per heavy atom. The molecule has 0 radical (unpaired) electrons. The highest BCUT2D eigenvalue weighted by molar-refractivity contribution is 5.94. The molecule has 1 saturated heterocycles. The Kier molecular flexibility index (Phi) is 6.50. The summed E-state index contributed by atoms with van der Waals surface area (Å²) in [6, 6.07) is 15.0. The van der Waals surface area contributed by atoms with Crippen molar-refractivity contribution in [1.82, 2.24) is 5.32 Å². The van der Waals surface area contributed by atoms with E-state index in [2.05, 4.69) is 5.32 Å². The number of carbonyl (C=O) groups is 1. The molecule has 0 aliphatic carbocycles. The van der Waals surface area contributed by atoms with Crippen LogP contribution in [0.5, 0.6) is 11.5 Å². The third kappa shape index (κ3) is 4.99. The van der Waals surface area contributed by atoms with Gasteiger partial charge in [0, 0.05) is 18.7 Å². The molecule has 1 aliphatic rings. The van der Waals surface area contributed by atoms with Crippen LogP contribution in [-0.2, 0) is 11.2 Å². The molecule has 0 bridgehead atoms. The van der Waals surface area contributed by atoms with Crippen LogP contribution in [0.3, 0.4) is 0 Å². The first kappa shape index (κ1) is 18.3. The maximum absolute atomic E-state index is 12.3. The highest BCUT2D eigenvalue weighted by Crippen LogP contribution is 2.18. The monoisotopic (exact) mass is 355 g/mol. The topological polar surface area (TPSA) is 56.8 Å². The summed E-state index contributed by atoms with van der Waals surface area (Å²) in [7, 11) is 1.65. The second kappa shape index (κ2) is 9.25. The van der Waals surface area contributed by atoms with Crippen molar-refractivity contribution in [3.8, 4) is 11.5 Å². The minimum atomic E-state index is -0.0921. The molecule has 5 heteroatoms. The highest BCUT2D eigenvalue weighted by Gasteiger charge is 2.16. The Balaban J connectivity index is 1.45. The minimum Gasteiger partial charge on any atom is -0.496 e. The second-order valence-electron chi connectivity index (χ2n) is 6.29. The number of nitrogens with one attached hydrogen (secondary N) is 1. The fourth-order valence-corrected chi connectivity index (χ4v) is 2.99. The predicted molar refractivity (Wildman–Crippen MR) is 99.9 cm³/mol. The van der Waals surface area contributed by atoms with E-state index in [4.69, 9.17) is 14.2 Å². The first-order valence-electron chi connectivity index (χ1n) is 9.01. The van der Waals surface area contributed by atoms with Crippen LogP contribution < -0.4 is 14.8 Å². The lowest BCUT2D eigenvalue weighted by Crippen LogP contribution is -2.25. The second-order valence-corrected chi connectivity index (χ2v) is 6.29. The summed E-state index contributed by atoms with van der Waals surface area (Å²) in [5.41, 5.74) is 1.70. The molecule has 5 nitrogen and oxygen atoms in total. The van der Waals surface area contributed by atoms with Crippen molar-refractivity contribution in [2.45, 2.75) is 25.4 Å². The summed E-state index contributed by atoms with van der Waals surface area (Å²) in [6.07, 6.45) is 3.06. The molecule has 1 N–H and O–H groups in total. The van der Waals surface area contributed by atoms with Gasteiger partial charge >= 0.3 is 0 Å². The molecule has 1 fully saturated rings. The molecule has 1 amide bonds. The molecule has 0 aromatic heterocycles. The number of para-hydroxylation sites is 1. The van der Waals surface area contributed by atoms with Crippen LogP contribution >= 0.6 is 0 Å². The van der Waals surface area contributed by atoms with E-state index in [0.717, 1.165) is 42.9 Å². The Labute approximate surface area is 154 Å². The molecular formula is C21H25NO4. The largest absolute Gasteiger partial charge is 0.496 e. The molecule has 1 atom stereocenters. The summed E-state index contributed by atoms with van der Waals surface area (Å²) >= 11 is 0. The fourth-order valence-electron chi connectivity index (χ4n) is 2.99. The van der Waals surface area contributed by atoms with Gasteiger partial charge in [-0.3, -0.25) is 4.79 Å². The van der Waals surface area contributed by atoms with E-state index in [-0.39, 0.29) is 12.0 Å². The van der Waals surface area contributed by atoms with Crippen LogP contribution in [0.25, 0.3) is 0 Å². The number of ether oxygens (including phenoxy) is 3. The molecule has 2 aromatic rings. The van der Waals surface area contributed by atoms with Gasteiger partial charge in [0.25, 0.3) is 5.91 Å². The van der Waals surface area contributed by atoms with Crippen LogP contribution in [0.2, 0.25) is 0 Å². The van der Waals surface area contributed by atoms with Crippen LogP contribution in [0.15, 0.2) is 48.5 Å². The van der Waals surface area contributed by atoms with Gasteiger partial charge in [-0.2, -0.15) is 0 Å². The van der Waals surface area contributed by atoms with Crippen LogP contribution in [0.4, 0.5) is 0 Å². The number of hydrogen-bond acceptors (Lipinski definition) is 4. The third-order valence-electron chi connectivity index (χ3n) is 4.45. The summed E-state index contributed by atoms with van der Waals surface area (Å²) < 4.78 is 16.6. The normalized spacial score (nSPS) is 16.3. The van der Waals surface area contributed by atoms with Gasteiger partial charge in [-0.15, -0.1) is 0 Å². The number of amides is 1. The molecule has 2 aromatic carbocycles. The molecule has 138 valence electrons. The lowest BCUT2D eigenvalue weighted by atomic mass is 10.1. The minimum absolute atomic E-state index is 0.0921. The zero-order chi connectivity index (χ0) is 18.2. The average Bonchev–Trinajstić information content (AvgIpc) is 3.20. The van der Waals surface area contributed by atoms with Crippen molar-refractivity contribution >= 4 is 5.91 Å². The van der Waals surface area contributed by atoms with Crippen molar-refractivity contribution in [2.75, 3.05) is 26.9 Å². The lowest BCUT2D eigenvalue weighted by Gasteiger charge is -2.12. The van der Waals surface area contributed by atoms with Crippen molar-refractivity contribution in [1.29, 1.82) is 0 Å². The van der Waals surface area contributed by atoms with E-state index in [1.165, 1.54) is 0 Å². The van der Waals surface area contributed by atoms with Crippen molar-refractivity contribution in [3.63, 3.8) is 0 Å². The molecule has 3 rings (SSSR count). The Hall–Kier alpha value is -2.53. The van der Waals surface area contributed by atoms with E-state index in [9.17, 15) is 4.79 Å². The third-order valence-corrected chi connectivity index (χ3v) is 4.45. The number of benzene rings is 2. The number of carbonyl (C=O) groups excluding carboxylic acids is 1. The smallest absolute Gasteiger partial charge is 0.251 e. The van der Waals surface area contributed by atoms with Gasteiger partial charge in [-0.1, -0.05) is 18.2 Å². The van der Waals surface area contributed by atoms with Gasteiger partial charge in [0.1, 0.15) is 18.1 Å². The van der Waals surface area contributed by atoms with Crippen LogP contribution in [-0.4, -0.2) is 38.9 Å². The van der Waals surface area contributed by atoms with Gasteiger partial charge in [0.2, 0.25) is 0 Å². The summed E-state index contributed by atoms with van der Waals surface area (Å²) in [5.74, 6) is 1.51. The summed E-state index contributed by atoms with van der Waals surface area (Å²) in [4.78, 5) is 12.3. The molecule has 0 spiro atoms. The summed E-state index contributed by atoms with van der Waals surface area (Å²) in [6.45, 7) is 1.93. The highest BCUT2D eigenvalue weighted by atomic mass is 16.5. The number of rotatable bonds is 8. The molecule has 1 aliphatic heterocycles. The quantitative estimate of drug-likeness (QED) is 0.790. The fraction of sp³-hybridized carbons (Fsp3) is 0.381. The average molecular weight is 355 g/mol. The number of hydrogen-bond donors (Lipinski definition) is 1. The maximum atomic E-state index is 12.3. The summed E-state index contributed by atoms with van der Waals surface area (Å²) in [5, 5.41) is 2.94. The predicted octanol–water partition coefficient (Wildman–Crippen LogP) is 3.23. The van der Waals surface area contributed by atoms with Gasteiger partial charge < -0.3 is 19.5 Å². The van der Waals surface area contributed by atoms with Gasteiger partial charge in [-0.05, 0) is 55.2 Å². The zero-order valence-electron chi connectivity index (χ0n) is 15.1. The van der Waals surface area contributed by atoms with E-state index < -0.39 is 0 Å². The van der Waals surface area contributed by atoms with Crippen molar-refractivity contribution in [3.05, 3.63) is 59.7 Å². The lowest BCUT2D eigenvalue weighted by molar-refractivity contribution is 0.0679. The first-order chi connectivity index (χ1) is 12.8. The first-order valence-corrected chi connectivity index (χ1v) is 9.01. The van der Waals surface area contributed by atoms with Crippen LogP contribution in [0.1, 0.15) is 28.8 Å². The SMILES string of the molecule is COc1ccccc1CCNC(=O)c1ccc(OCC2CCCO2)cc1. The Bertz CT molecular complexity index is 708. The van der Waals surface area contributed by atoms with Gasteiger partial charge in [-0.25, -0.2) is 0 Å². The molecular weight excluding hydrogens is 330 g/mol. The van der Waals surface area contributed by atoms with Crippen molar-refractivity contribution in [2.24, 2.45) is 0 Å². The molecule has 0 saturated carbocycles. The zero-order valence-corrected chi connectivity index (χ0v) is 15.1. The van der Waals surface area contributed by atoms with Gasteiger partial charge in [0.15, 0.2) is 0 Å². The Morgan fingerprint density at radius 2 is 2.00 bits per heavy atom. The van der Waals surface area contributed by atoms with E-state index >= 15 is 0 Å². The van der Waals surface area contributed by atoms with E-state index in [1.807, 2.05) is 36.4 Å². The van der Waals surface area contributed by atoms with Gasteiger partial charge in [0.05, 0.1) is 13.2 Å². The van der Waals surface area contributed by atoms with E-state index in [1.54, 1.807) is 19.2 Å². The van der Waals surface area contributed by atoms with E-state index in [0.29, 0.717) is 18.7 Å². The number of methoxy groups -OCH3 is 1. The maximum Gasteiger partial charge on any atom is 0.251 e. The standard InChI is InChI=1S/C21H25NO4/c1-24-20-7-3-2-5-16(20)12-13-22-21(23)17-8-10-18(11-9-17)26-15-19-6-4-14-25-19/h2-3,5,7-11,19H,4,6,12-15H2,1H3,(H,22,23). The Morgan fingerprint density at radius 1 is 1.19 bits per heavy atom. The molecule has 1 unspecified atom stereocenters. The molecule has 26 heavy (non-hydrogen) atoms. The van der Waals surface area contributed by atoms with Crippen LogP contribution in [0, 0.1) is 0 Å².